The molecule has 1 aromatic heterocycles. The lowest BCUT2D eigenvalue weighted by Crippen LogP contribution is -2.48. The highest BCUT2D eigenvalue weighted by Gasteiger charge is 2.51. The van der Waals surface area contributed by atoms with Crippen LogP contribution in [0, 0.1) is 23.7 Å². The number of hydrogen-bond donors (Lipinski definition) is 3. The summed E-state index contributed by atoms with van der Waals surface area (Å²) < 4.78 is 0. The monoisotopic (exact) mass is 301 g/mol. The van der Waals surface area contributed by atoms with E-state index < -0.39 is 29.6 Å². The van der Waals surface area contributed by atoms with Crippen LogP contribution in [0.2, 0.25) is 0 Å². The first-order chi connectivity index (χ1) is 10.6. The first-order valence-electron chi connectivity index (χ1n) is 6.99. The zero-order valence-corrected chi connectivity index (χ0v) is 11.6. The van der Waals surface area contributed by atoms with E-state index in [-0.39, 0.29) is 11.8 Å². The Kier molecular flexibility index (Phi) is 3.62. The third kappa shape index (κ3) is 2.45. The van der Waals surface area contributed by atoms with Gasteiger partial charge in [-0.1, -0.05) is 12.2 Å². The predicted octanol–water partition coefficient (Wildman–Crippen LogP) is 0.365. The van der Waals surface area contributed by atoms with E-state index >= 15 is 0 Å². The molecule has 2 aliphatic carbocycles. The number of aromatic nitrogens is 1. The van der Waals surface area contributed by atoms with Crippen molar-refractivity contribution in [2.45, 2.75) is 6.42 Å². The van der Waals surface area contributed by atoms with Gasteiger partial charge in [0.25, 0.3) is 5.91 Å². The molecule has 0 aromatic carbocycles. The summed E-state index contributed by atoms with van der Waals surface area (Å²) >= 11 is 0. The van der Waals surface area contributed by atoms with Gasteiger partial charge in [-0.25, -0.2) is 0 Å². The summed E-state index contributed by atoms with van der Waals surface area (Å²) in [6.45, 7) is 0. The van der Waals surface area contributed by atoms with Crippen molar-refractivity contribution >= 4 is 17.8 Å². The number of aliphatic carboxylic acids is 1. The van der Waals surface area contributed by atoms with Crippen molar-refractivity contribution in [3.63, 3.8) is 0 Å². The van der Waals surface area contributed by atoms with Crippen LogP contribution in [0.4, 0.5) is 0 Å². The molecule has 1 saturated carbocycles. The summed E-state index contributed by atoms with van der Waals surface area (Å²) in [5, 5.41) is 9.30. The van der Waals surface area contributed by atoms with Crippen LogP contribution in [0.25, 0.3) is 0 Å². The average molecular weight is 301 g/mol. The van der Waals surface area contributed by atoms with Crippen LogP contribution in [0.3, 0.4) is 0 Å². The molecule has 2 bridgehead atoms. The highest BCUT2D eigenvalue weighted by Crippen LogP contribution is 2.48. The number of carboxylic acids is 1. The van der Waals surface area contributed by atoms with Gasteiger partial charge in [0, 0.05) is 18.0 Å². The van der Waals surface area contributed by atoms with Gasteiger partial charge >= 0.3 is 5.97 Å². The van der Waals surface area contributed by atoms with Crippen molar-refractivity contribution in [2.24, 2.45) is 23.7 Å². The lowest BCUT2D eigenvalue weighted by molar-refractivity contribution is -0.148. The van der Waals surface area contributed by atoms with E-state index in [1.165, 1.54) is 24.5 Å². The number of fused-ring (bicyclic) bond motifs is 2. The Balaban J connectivity index is 1.64. The fraction of sp³-hybridized carbons (Fsp3) is 0.333. The molecule has 7 heteroatoms. The second-order valence-corrected chi connectivity index (χ2v) is 5.52. The van der Waals surface area contributed by atoms with E-state index in [9.17, 15) is 19.5 Å². The average Bonchev–Trinajstić information content (AvgIpc) is 3.14. The Hall–Kier alpha value is -2.70. The second-order valence-electron chi connectivity index (χ2n) is 5.52. The molecular formula is C15H15N3O4. The molecule has 2 aliphatic rings. The van der Waals surface area contributed by atoms with Gasteiger partial charge in [0.15, 0.2) is 0 Å². The number of carbonyl (C=O) groups excluding carboxylic acids is 2. The number of rotatable bonds is 3. The molecule has 1 aromatic rings. The van der Waals surface area contributed by atoms with Crippen LogP contribution in [-0.2, 0) is 9.59 Å². The van der Waals surface area contributed by atoms with Crippen LogP contribution < -0.4 is 10.9 Å². The van der Waals surface area contributed by atoms with E-state index in [1.54, 1.807) is 0 Å². The highest BCUT2D eigenvalue weighted by molar-refractivity contribution is 5.96. The van der Waals surface area contributed by atoms with Gasteiger partial charge in [-0.3, -0.25) is 30.2 Å². The molecule has 0 aliphatic heterocycles. The third-order valence-electron chi connectivity index (χ3n) is 4.29. The summed E-state index contributed by atoms with van der Waals surface area (Å²) in [5.74, 6) is -3.47. The lowest BCUT2D eigenvalue weighted by atomic mass is 9.82. The molecule has 0 spiro atoms. The maximum Gasteiger partial charge on any atom is 0.307 e. The van der Waals surface area contributed by atoms with Crippen LogP contribution in [0.15, 0.2) is 36.7 Å². The predicted molar refractivity (Wildman–Crippen MR) is 75.2 cm³/mol. The molecule has 3 N–H and O–H groups in total. The molecular weight excluding hydrogens is 286 g/mol. The van der Waals surface area contributed by atoms with E-state index in [0.717, 1.165) is 0 Å². The molecule has 7 nitrogen and oxygen atoms in total. The number of allylic oxidation sites excluding steroid dienone is 2. The molecule has 4 atom stereocenters. The molecule has 0 unspecified atom stereocenters. The Labute approximate surface area is 126 Å². The molecule has 2 amide bonds. The van der Waals surface area contributed by atoms with Gasteiger partial charge in [-0.05, 0) is 30.4 Å². The van der Waals surface area contributed by atoms with Gasteiger partial charge in [0.1, 0.15) is 0 Å². The van der Waals surface area contributed by atoms with Crippen molar-refractivity contribution in [3.8, 4) is 0 Å². The Bertz CT molecular complexity index is 643. The zero-order valence-electron chi connectivity index (χ0n) is 11.6. The van der Waals surface area contributed by atoms with E-state index in [1.807, 2.05) is 12.2 Å². The summed E-state index contributed by atoms with van der Waals surface area (Å²) in [5.41, 5.74) is 5.01. The lowest BCUT2D eigenvalue weighted by Gasteiger charge is -2.23. The van der Waals surface area contributed by atoms with Crippen LogP contribution >= 0.6 is 0 Å². The van der Waals surface area contributed by atoms with Crippen molar-refractivity contribution in [1.82, 2.24) is 15.8 Å². The van der Waals surface area contributed by atoms with Gasteiger partial charge in [-0.2, -0.15) is 0 Å². The van der Waals surface area contributed by atoms with Gasteiger partial charge < -0.3 is 5.11 Å². The number of carbonyl (C=O) groups is 3. The molecule has 3 rings (SSSR count). The summed E-state index contributed by atoms with van der Waals surface area (Å²) in [7, 11) is 0. The van der Waals surface area contributed by atoms with Gasteiger partial charge in [-0.15, -0.1) is 0 Å². The smallest absolute Gasteiger partial charge is 0.307 e. The van der Waals surface area contributed by atoms with Crippen LogP contribution in [0.5, 0.6) is 0 Å². The third-order valence-corrected chi connectivity index (χ3v) is 4.29. The number of nitrogens with zero attached hydrogens (tertiary/aromatic N) is 1. The summed E-state index contributed by atoms with van der Waals surface area (Å²) in [4.78, 5) is 39.3. The van der Waals surface area contributed by atoms with Gasteiger partial charge in [0.2, 0.25) is 5.91 Å². The second kappa shape index (κ2) is 5.59. The molecule has 1 fully saturated rings. The topological polar surface area (TPSA) is 108 Å². The quantitative estimate of drug-likeness (QED) is 0.552. The van der Waals surface area contributed by atoms with Gasteiger partial charge in [0.05, 0.1) is 11.8 Å². The largest absolute Gasteiger partial charge is 0.481 e. The maximum atomic E-state index is 12.3. The summed E-state index contributed by atoms with van der Waals surface area (Å²) in [6.07, 6.45) is 7.37. The Morgan fingerprint density at radius 1 is 1.05 bits per heavy atom. The van der Waals surface area contributed by atoms with Crippen LogP contribution in [0.1, 0.15) is 16.8 Å². The number of pyridine rings is 1. The molecule has 114 valence electrons. The minimum absolute atomic E-state index is 0.0797. The number of amides is 2. The van der Waals surface area contributed by atoms with E-state index in [4.69, 9.17) is 0 Å². The van der Waals surface area contributed by atoms with E-state index in [2.05, 4.69) is 15.8 Å². The number of hydrogen-bond acceptors (Lipinski definition) is 4. The van der Waals surface area contributed by atoms with Crippen molar-refractivity contribution < 1.29 is 19.5 Å². The zero-order chi connectivity index (χ0) is 15.7. The van der Waals surface area contributed by atoms with Crippen molar-refractivity contribution in [2.75, 3.05) is 0 Å². The van der Waals surface area contributed by atoms with Crippen LogP contribution in [-0.4, -0.2) is 27.9 Å². The Morgan fingerprint density at radius 2 is 1.68 bits per heavy atom. The van der Waals surface area contributed by atoms with Crippen molar-refractivity contribution in [1.29, 1.82) is 0 Å². The highest BCUT2D eigenvalue weighted by atomic mass is 16.4. The fourth-order valence-corrected chi connectivity index (χ4v) is 3.29. The molecule has 0 saturated heterocycles. The minimum Gasteiger partial charge on any atom is -0.481 e. The molecule has 0 radical (unpaired) electrons. The maximum absolute atomic E-state index is 12.3. The standard InChI is InChI=1S/C15H15N3O4/c19-13(8-3-5-16-6-4-8)17-18-14(20)11-9-1-2-10(7-9)12(11)15(21)22/h1-6,9-12H,7H2,(H,17,19)(H,18,20)(H,21,22)/t9-,10+,11-,12+/m1/s1. The van der Waals surface area contributed by atoms with Crippen molar-refractivity contribution in [3.05, 3.63) is 42.2 Å². The number of hydrazine groups is 1. The SMILES string of the molecule is O=C(NNC(=O)[C@H]1[C@@H](C(=O)O)[C@H]2C=C[C@@H]1C2)c1ccncc1. The number of nitrogens with one attached hydrogen (secondary N) is 2. The summed E-state index contributed by atoms with van der Waals surface area (Å²) in [6, 6.07) is 3.03. The minimum atomic E-state index is -0.975. The Morgan fingerprint density at radius 3 is 2.32 bits per heavy atom. The molecule has 22 heavy (non-hydrogen) atoms. The number of carboxylic acid groups (broad SMARTS) is 1. The van der Waals surface area contributed by atoms with E-state index in [0.29, 0.717) is 12.0 Å². The first-order valence-corrected chi connectivity index (χ1v) is 6.99. The fourth-order valence-electron chi connectivity index (χ4n) is 3.29. The first kappa shape index (κ1) is 14.2. The normalized spacial score (nSPS) is 28.4. The molecule has 1 heterocycles.